The van der Waals surface area contributed by atoms with Gasteiger partial charge in [-0.2, -0.15) is 0 Å². The van der Waals surface area contributed by atoms with Crippen LogP contribution in [0.1, 0.15) is 17.5 Å². The highest BCUT2D eigenvalue weighted by Gasteiger charge is 2.17. The second-order valence-electron chi connectivity index (χ2n) is 5.55. The Bertz CT molecular complexity index is 408. The first-order chi connectivity index (χ1) is 8.83. The minimum Gasteiger partial charge on any atom is -0.385 e. The molecule has 3 nitrogen and oxygen atoms in total. The lowest BCUT2D eigenvalue weighted by Gasteiger charge is -2.33. The summed E-state index contributed by atoms with van der Waals surface area (Å²) in [4.78, 5) is 5.00. The van der Waals surface area contributed by atoms with Crippen molar-refractivity contribution in [1.29, 1.82) is 0 Å². The molecule has 2 aliphatic heterocycles. The van der Waals surface area contributed by atoms with Crippen LogP contribution in [-0.4, -0.2) is 49.6 Å². The van der Waals surface area contributed by atoms with Crippen molar-refractivity contribution in [2.24, 2.45) is 0 Å². The molecule has 1 aromatic carbocycles. The zero-order valence-electron chi connectivity index (χ0n) is 11.3. The van der Waals surface area contributed by atoms with Gasteiger partial charge < -0.3 is 10.2 Å². The summed E-state index contributed by atoms with van der Waals surface area (Å²) in [5.74, 6) is 0. The number of likely N-dealkylation sites (N-methyl/N-ethyl adjacent to an activating group) is 1. The normalized spacial score (nSPS) is 21.4. The Morgan fingerprint density at radius 1 is 1.17 bits per heavy atom. The molecular weight excluding hydrogens is 222 g/mol. The van der Waals surface area contributed by atoms with Gasteiger partial charge in [0.05, 0.1) is 0 Å². The topological polar surface area (TPSA) is 18.5 Å². The summed E-state index contributed by atoms with van der Waals surface area (Å²) in [5, 5.41) is 3.52. The molecule has 0 radical (unpaired) electrons. The van der Waals surface area contributed by atoms with E-state index in [0.717, 1.165) is 13.1 Å². The maximum absolute atomic E-state index is 3.52. The lowest BCUT2D eigenvalue weighted by atomic mass is 9.97. The van der Waals surface area contributed by atoms with Crippen LogP contribution in [-0.2, 0) is 13.0 Å². The Labute approximate surface area is 110 Å². The minimum absolute atomic E-state index is 1.12. The largest absolute Gasteiger partial charge is 0.385 e. The predicted molar refractivity (Wildman–Crippen MR) is 76.0 cm³/mol. The molecule has 1 N–H and O–H groups in total. The molecule has 1 aromatic rings. The Kier molecular flexibility index (Phi) is 3.52. The molecule has 3 rings (SSSR count). The van der Waals surface area contributed by atoms with Crippen LogP contribution in [0.2, 0.25) is 0 Å². The first kappa shape index (κ1) is 12.0. The van der Waals surface area contributed by atoms with E-state index in [1.165, 1.54) is 50.3 Å². The maximum Gasteiger partial charge on any atom is 0.0375 e. The summed E-state index contributed by atoms with van der Waals surface area (Å²) in [6.45, 7) is 7.06. The lowest BCUT2D eigenvalue weighted by molar-refractivity contribution is 0.148. The quantitative estimate of drug-likeness (QED) is 0.857. The van der Waals surface area contributed by atoms with E-state index < -0.39 is 0 Å². The van der Waals surface area contributed by atoms with Crippen LogP contribution in [0.15, 0.2) is 18.2 Å². The zero-order chi connectivity index (χ0) is 12.4. The molecule has 0 aromatic heterocycles. The monoisotopic (exact) mass is 245 g/mol. The van der Waals surface area contributed by atoms with Crippen LogP contribution < -0.4 is 5.32 Å². The van der Waals surface area contributed by atoms with Crippen molar-refractivity contribution in [1.82, 2.24) is 9.80 Å². The van der Waals surface area contributed by atoms with E-state index in [1.54, 1.807) is 5.56 Å². The van der Waals surface area contributed by atoms with Crippen LogP contribution in [0.25, 0.3) is 0 Å². The Balaban J connectivity index is 1.72. The molecule has 3 heteroatoms. The average molecular weight is 245 g/mol. The highest BCUT2D eigenvalue weighted by atomic mass is 15.2. The Hall–Kier alpha value is -1.06. The van der Waals surface area contributed by atoms with Gasteiger partial charge in [-0.25, -0.2) is 0 Å². The summed E-state index contributed by atoms with van der Waals surface area (Å²) in [5.41, 5.74) is 4.46. The molecular formula is C15H23N3. The molecule has 0 amide bonds. The molecule has 0 bridgehead atoms. The van der Waals surface area contributed by atoms with Crippen LogP contribution in [0.4, 0.5) is 5.69 Å². The molecule has 1 fully saturated rings. The minimum atomic E-state index is 1.12. The maximum atomic E-state index is 3.52. The molecule has 1 saturated heterocycles. The first-order valence-corrected chi connectivity index (χ1v) is 7.08. The van der Waals surface area contributed by atoms with Crippen LogP contribution in [0.5, 0.6) is 0 Å². The van der Waals surface area contributed by atoms with Gasteiger partial charge in [-0.05, 0) is 37.1 Å². The zero-order valence-corrected chi connectivity index (χ0v) is 11.3. The van der Waals surface area contributed by atoms with Crippen molar-refractivity contribution in [2.75, 3.05) is 45.1 Å². The van der Waals surface area contributed by atoms with Crippen molar-refractivity contribution in [3.05, 3.63) is 29.3 Å². The molecule has 18 heavy (non-hydrogen) atoms. The van der Waals surface area contributed by atoms with Gasteiger partial charge in [0.15, 0.2) is 0 Å². The highest BCUT2D eigenvalue weighted by Crippen LogP contribution is 2.26. The van der Waals surface area contributed by atoms with E-state index in [9.17, 15) is 0 Å². The number of anilines is 1. The van der Waals surface area contributed by atoms with Gasteiger partial charge in [-0.1, -0.05) is 12.1 Å². The van der Waals surface area contributed by atoms with Crippen molar-refractivity contribution in [3.63, 3.8) is 0 Å². The van der Waals surface area contributed by atoms with Crippen LogP contribution in [0.3, 0.4) is 0 Å². The van der Waals surface area contributed by atoms with Crippen molar-refractivity contribution in [2.45, 2.75) is 19.4 Å². The molecule has 0 aliphatic carbocycles. The standard InChI is InChI=1S/C15H23N3/c1-17-8-10-18(11-9-17)12-13-4-2-6-15-14(13)5-3-7-16-15/h2,4,6,16H,3,5,7-12H2,1H3. The van der Waals surface area contributed by atoms with Crippen molar-refractivity contribution in [3.8, 4) is 0 Å². The fourth-order valence-corrected chi connectivity index (χ4v) is 2.98. The number of nitrogens with zero attached hydrogens (tertiary/aromatic N) is 2. The summed E-state index contributed by atoms with van der Waals surface area (Å²) in [6.07, 6.45) is 2.51. The second kappa shape index (κ2) is 5.29. The summed E-state index contributed by atoms with van der Waals surface area (Å²) >= 11 is 0. The van der Waals surface area contributed by atoms with Crippen molar-refractivity contribution < 1.29 is 0 Å². The van der Waals surface area contributed by atoms with E-state index in [0.29, 0.717) is 0 Å². The highest BCUT2D eigenvalue weighted by molar-refractivity contribution is 5.56. The SMILES string of the molecule is CN1CCN(Cc2cccc3c2CCCN3)CC1. The van der Waals surface area contributed by atoms with Gasteiger partial charge in [0.25, 0.3) is 0 Å². The fourth-order valence-electron chi connectivity index (χ4n) is 2.98. The predicted octanol–water partition coefficient (Wildman–Crippen LogP) is 1.79. The summed E-state index contributed by atoms with van der Waals surface area (Å²) < 4.78 is 0. The van der Waals surface area contributed by atoms with Crippen molar-refractivity contribution >= 4 is 5.69 Å². The second-order valence-corrected chi connectivity index (χ2v) is 5.55. The van der Waals surface area contributed by atoms with Gasteiger partial charge in [0, 0.05) is 45.0 Å². The molecule has 0 atom stereocenters. The Morgan fingerprint density at radius 3 is 2.83 bits per heavy atom. The van der Waals surface area contributed by atoms with E-state index in [2.05, 4.69) is 40.4 Å². The van der Waals surface area contributed by atoms with Gasteiger partial charge in [-0.3, -0.25) is 4.90 Å². The van der Waals surface area contributed by atoms with Crippen LogP contribution in [0, 0.1) is 0 Å². The fraction of sp³-hybridized carbons (Fsp3) is 0.600. The Morgan fingerprint density at radius 2 is 2.00 bits per heavy atom. The third-order valence-corrected chi connectivity index (χ3v) is 4.18. The van der Waals surface area contributed by atoms with Crippen LogP contribution >= 0.6 is 0 Å². The molecule has 2 aliphatic rings. The van der Waals surface area contributed by atoms with Gasteiger partial charge >= 0.3 is 0 Å². The number of rotatable bonds is 2. The van der Waals surface area contributed by atoms with E-state index in [4.69, 9.17) is 0 Å². The van der Waals surface area contributed by atoms with E-state index >= 15 is 0 Å². The first-order valence-electron chi connectivity index (χ1n) is 7.08. The lowest BCUT2D eigenvalue weighted by Crippen LogP contribution is -2.44. The van der Waals surface area contributed by atoms with Gasteiger partial charge in [-0.15, -0.1) is 0 Å². The number of benzene rings is 1. The smallest absolute Gasteiger partial charge is 0.0375 e. The number of hydrogen-bond donors (Lipinski definition) is 1. The van der Waals surface area contributed by atoms with E-state index in [1.807, 2.05) is 0 Å². The number of piperazine rings is 1. The summed E-state index contributed by atoms with van der Waals surface area (Å²) in [7, 11) is 2.21. The number of hydrogen-bond acceptors (Lipinski definition) is 3. The number of nitrogens with one attached hydrogen (secondary N) is 1. The third-order valence-electron chi connectivity index (χ3n) is 4.18. The summed E-state index contributed by atoms with van der Waals surface area (Å²) in [6, 6.07) is 6.73. The molecule has 98 valence electrons. The molecule has 0 spiro atoms. The van der Waals surface area contributed by atoms with Gasteiger partial charge in [0.1, 0.15) is 0 Å². The molecule has 2 heterocycles. The van der Waals surface area contributed by atoms with Gasteiger partial charge in [0.2, 0.25) is 0 Å². The molecule has 0 saturated carbocycles. The van der Waals surface area contributed by atoms with E-state index in [-0.39, 0.29) is 0 Å². The average Bonchev–Trinajstić information content (AvgIpc) is 2.42. The number of fused-ring (bicyclic) bond motifs is 1. The molecule has 0 unspecified atom stereocenters. The third kappa shape index (κ3) is 2.52.